The lowest BCUT2D eigenvalue weighted by atomic mass is 10.1. The van der Waals surface area contributed by atoms with E-state index in [4.69, 9.17) is 4.74 Å². The van der Waals surface area contributed by atoms with Gasteiger partial charge in [0, 0.05) is 13.1 Å². The molecule has 0 unspecified atom stereocenters. The smallest absolute Gasteiger partial charge is 0.277 e. The molecular formula is C21H23N5O2. The minimum absolute atomic E-state index is 0.00381. The Balaban J connectivity index is 1.50. The highest BCUT2D eigenvalue weighted by Crippen LogP contribution is 2.26. The summed E-state index contributed by atoms with van der Waals surface area (Å²) in [6.07, 6.45) is 1.68. The highest BCUT2D eigenvalue weighted by atomic mass is 16.5. The van der Waals surface area contributed by atoms with Crippen molar-refractivity contribution < 1.29 is 9.53 Å². The van der Waals surface area contributed by atoms with E-state index in [1.54, 1.807) is 10.9 Å². The second-order valence-electron chi connectivity index (χ2n) is 6.74. The van der Waals surface area contributed by atoms with Gasteiger partial charge in [-0.1, -0.05) is 47.7 Å². The number of anilines is 2. The Labute approximate surface area is 163 Å². The number of nitrogens with zero attached hydrogens (tertiary/aromatic N) is 4. The molecule has 28 heavy (non-hydrogen) atoms. The number of nitrogens with one attached hydrogen (secondary N) is 1. The molecule has 1 fully saturated rings. The van der Waals surface area contributed by atoms with Gasteiger partial charge in [-0.05, 0) is 24.6 Å². The Kier molecular flexibility index (Phi) is 5.34. The van der Waals surface area contributed by atoms with Crippen LogP contribution in [0, 0.1) is 0 Å². The van der Waals surface area contributed by atoms with Crippen LogP contribution in [0.3, 0.4) is 0 Å². The summed E-state index contributed by atoms with van der Waals surface area (Å²) < 4.78 is 7.13. The van der Waals surface area contributed by atoms with Crippen molar-refractivity contribution in [1.82, 2.24) is 15.0 Å². The highest BCUT2D eigenvalue weighted by molar-refractivity contribution is 6.04. The Morgan fingerprint density at radius 3 is 2.57 bits per heavy atom. The fraction of sp³-hybridized carbons (Fsp3) is 0.286. The summed E-state index contributed by atoms with van der Waals surface area (Å²) in [7, 11) is 0. The molecule has 1 aromatic heterocycles. The first-order valence-corrected chi connectivity index (χ1v) is 9.42. The second-order valence-corrected chi connectivity index (χ2v) is 6.74. The monoisotopic (exact) mass is 377 g/mol. The zero-order valence-corrected chi connectivity index (χ0v) is 15.8. The molecule has 1 amide bonds. The minimum atomic E-state index is -0.271. The molecule has 0 aliphatic carbocycles. The number of benzene rings is 2. The zero-order valence-electron chi connectivity index (χ0n) is 15.8. The summed E-state index contributed by atoms with van der Waals surface area (Å²) in [4.78, 5) is 15.0. The molecule has 1 N–H and O–H groups in total. The molecule has 144 valence electrons. The van der Waals surface area contributed by atoms with Crippen LogP contribution in [0.2, 0.25) is 0 Å². The zero-order chi connectivity index (χ0) is 19.3. The summed E-state index contributed by atoms with van der Waals surface area (Å²) in [5, 5.41) is 11.2. The van der Waals surface area contributed by atoms with Crippen LogP contribution in [0.4, 0.5) is 11.4 Å². The van der Waals surface area contributed by atoms with Crippen molar-refractivity contribution in [2.75, 3.05) is 36.5 Å². The van der Waals surface area contributed by atoms with E-state index in [1.165, 1.54) is 0 Å². The SMILES string of the molecule is C[C@@H](c1ccccc1)n1cc(C(=O)Nc2ccccc2N2CCOCC2)nn1. The molecule has 0 bridgehead atoms. The topological polar surface area (TPSA) is 72.3 Å². The maximum absolute atomic E-state index is 12.8. The molecule has 0 spiro atoms. The van der Waals surface area contributed by atoms with Crippen LogP contribution in [-0.4, -0.2) is 47.2 Å². The first kappa shape index (κ1) is 18.2. The van der Waals surface area contributed by atoms with E-state index in [-0.39, 0.29) is 11.9 Å². The molecule has 7 nitrogen and oxygen atoms in total. The average molecular weight is 377 g/mol. The molecule has 0 radical (unpaired) electrons. The molecule has 1 atom stereocenters. The van der Waals surface area contributed by atoms with Crippen molar-refractivity contribution in [3.05, 3.63) is 72.1 Å². The summed E-state index contributed by atoms with van der Waals surface area (Å²) in [6, 6.07) is 17.8. The average Bonchev–Trinajstić information content (AvgIpc) is 3.25. The number of hydrogen-bond donors (Lipinski definition) is 1. The van der Waals surface area contributed by atoms with Crippen LogP contribution in [0.15, 0.2) is 60.8 Å². The molecule has 1 aliphatic heterocycles. The number of morpholine rings is 1. The molecule has 1 saturated heterocycles. The third-order valence-corrected chi connectivity index (χ3v) is 4.93. The summed E-state index contributed by atoms with van der Waals surface area (Å²) in [5.41, 5.74) is 3.15. The predicted octanol–water partition coefficient (Wildman–Crippen LogP) is 2.98. The van der Waals surface area contributed by atoms with Gasteiger partial charge in [0.15, 0.2) is 5.69 Å². The van der Waals surface area contributed by atoms with Gasteiger partial charge in [0.1, 0.15) is 0 Å². The van der Waals surface area contributed by atoms with Crippen molar-refractivity contribution in [1.29, 1.82) is 0 Å². The first-order valence-electron chi connectivity index (χ1n) is 9.42. The third-order valence-electron chi connectivity index (χ3n) is 4.93. The standard InChI is InChI=1S/C21H23N5O2/c1-16(17-7-3-2-4-8-17)26-15-19(23-24-26)21(27)22-18-9-5-6-10-20(18)25-11-13-28-14-12-25/h2-10,15-16H,11-14H2,1H3,(H,22,27)/t16-/m0/s1. The lowest BCUT2D eigenvalue weighted by molar-refractivity contribution is 0.102. The van der Waals surface area contributed by atoms with Gasteiger partial charge >= 0.3 is 0 Å². The fourth-order valence-corrected chi connectivity index (χ4v) is 3.30. The maximum Gasteiger partial charge on any atom is 0.277 e. The molecule has 2 aromatic carbocycles. The Morgan fingerprint density at radius 2 is 1.79 bits per heavy atom. The van der Waals surface area contributed by atoms with Gasteiger partial charge in [0.2, 0.25) is 0 Å². The van der Waals surface area contributed by atoms with Crippen LogP contribution < -0.4 is 10.2 Å². The molecular weight excluding hydrogens is 354 g/mol. The van der Waals surface area contributed by atoms with Gasteiger partial charge in [-0.2, -0.15) is 0 Å². The molecule has 0 saturated carbocycles. The largest absolute Gasteiger partial charge is 0.378 e. The molecule has 2 heterocycles. The predicted molar refractivity (Wildman–Crippen MR) is 108 cm³/mol. The number of amides is 1. The van der Waals surface area contributed by atoms with Crippen LogP contribution in [0.25, 0.3) is 0 Å². The number of rotatable bonds is 5. The summed E-state index contributed by atoms with van der Waals surface area (Å²) >= 11 is 0. The lowest BCUT2D eigenvalue weighted by Crippen LogP contribution is -2.36. The third kappa shape index (κ3) is 3.89. The minimum Gasteiger partial charge on any atom is -0.378 e. The molecule has 1 aliphatic rings. The van der Waals surface area contributed by atoms with E-state index >= 15 is 0 Å². The maximum atomic E-state index is 12.8. The lowest BCUT2D eigenvalue weighted by Gasteiger charge is -2.30. The molecule has 7 heteroatoms. The number of hydrogen-bond acceptors (Lipinski definition) is 5. The summed E-state index contributed by atoms with van der Waals surface area (Å²) in [6.45, 7) is 5.01. The van der Waals surface area contributed by atoms with Crippen molar-refractivity contribution in [3.63, 3.8) is 0 Å². The number of carbonyl (C=O) groups excluding carboxylic acids is 1. The Hall–Kier alpha value is -3.19. The quantitative estimate of drug-likeness (QED) is 0.740. The van der Waals surface area contributed by atoms with Gasteiger partial charge in [-0.25, -0.2) is 4.68 Å². The van der Waals surface area contributed by atoms with Gasteiger partial charge in [0.25, 0.3) is 5.91 Å². The number of para-hydroxylation sites is 2. The van der Waals surface area contributed by atoms with Crippen molar-refractivity contribution in [3.8, 4) is 0 Å². The van der Waals surface area contributed by atoms with E-state index in [1.807, 2.05) is 61.5 Å². The number of carbonyl (C=O) groups is 1. The van der Waals surface area contributed by atoms with Crippen LogP contribution in [-0.2, 0) is 4.74 Å². The normalized spacial score (nSPS) is 15.2. The van der Waals surface area contributed by atoms with E-state index < -0.39 is 0 Å². The number of ether oxygens (including phenoxy) is 1. The van der Waals surface area contributed by atoms with Crippen LogP contribution in [0.5, 0.6) is 0 Å². The highest BCUT2D eigenvalue weighted by Gasteiger charge is 2.19. The van der Waals surface area contributed by atoms with Gasteiger partial charge in [-0.15, -0.1) is 5.10 Å². The number of aromatic nitrogens is 3. The second kappa shape index (κ2) is 8.22. The van der Waals surface area contributed by atoms with E-state index in [9.17, 15) is 4.79 Å². The van der Waals surface area contributed by atoms with Crippen LogP contribution in [0.1, 0.15) is 29.0 Å². The Bertz CT molecular complexity index is 935. The van der Waals surface area contributed by atoms with E-state index in [0.717, 1.165) is 30.0 Å². The van der Waals surface area contributed by atoms with Crippen molar-refractivity contribution in [2.24, 2.45) is 0 Å². The Morgan fingerprint density at radius 1 is 1.07 bits per heavy atom. The van der Waals surface area contributed by atoms with Crippen molar-refractivity contribution >= 4 is 17.3 Å². The van der Waals surface area contributed by atoms with Gasteiger partial charge in [0.05, 0.1) is 36.8 Å². The van der Waals surface area contributed by atoms with Gasteiger partial charge in [-0.3, -0.25) is 4.79 Å². The van der Waals surface area contributed by atoms with E-state index in [0.29, 0.717) is 18.9 Å². The first-order chi connectivity index (χ1) is 13.7. The molecule has 4 rings (SSSR count). The summed E-state index contributed by atoms with van der Waals surface area (Å²) in [5.74, 6) is -0.271. The van der Waals surface area contributed by atoms with Crippen molar-refractivity contribution in [2.45, 2.75) is 13.0 Å². The molecule has 3 aromatic rings. The van der Waals surface area contributed by atoms with E-state index in [2.05, 4.69) is 20.5 Å². The fourth-order valence-electron chi connectivity index (χ4n) is 3.30. The van der Waals surface area contributed by atoms with Gasteiger partial charge < -0.3 is 15.0 Å². The van der Waals surface area contributed by atoms with Crippen LogP contribution >= 0.6 is 0 Å².